The van der Waals surface area contributed by atoms with Gasteiger partial charge >= 0.3 is 0 Å². The molecule has 0 aliphatic rings. The fourth-order valence-electron chi connectivity index (χ4n) is 2.43. The normalized spacial score (nSPS) is 13.0. The maximum atomic E-state index is 12.6. The van der Waals surface area contributed by atoms with Crippen LogP contribution < -0.4 is 5.32 Å². The topological polar surface area (TPSA) is 66.5 Å². The Balaban J connectivity index is 2.31. The van der Waals surface area contributed by atoms with Crippen LogP contribution in [0.1, 0.15) is 42.0 Å². The smallest absolute Gasteiger partial charge is 0.253 e. The van der Waals surface area contributed by atoms with Crippen molar-refractivity contribution >= 4 is 38.9 Å². The van der Waals surface area contributed by atoms with Crippen LogP contribution >= 0.6 is 22.9 Å². The summed E-state index contributed by atoms with van der Waals surface area (Å²) >= 11 is 7.67. The molecule has 1 atom stereocenters. The van der Waals surface area contributed by atoms with E-state index in [9.17, 15) is 13.2 Å². The summed E-state index contributed by atoms with van der Waals surface area (Å²) in [6.45, 7) is 6.13. The van der Waals surface area contributed by atoms with E-state index in [-0.39, 0.29) is 21.5 Å². The van der Waals surface area contributed by atoms with Crippen molar-refractivity contribution in [3.63, 3.8) is 0 Å². The first-order valence-corrected chi connectivity index (χ1v) is 10.6. The Labute approximate surface area is 157 Å². The van der Waals surface area contributed by atoms with Crippen LogP contribution in [-0.4, -0.2) is 31.7 Å². The molecule has 0 saturated heterocycles. The number of carbonyl (C=O) groups excluding carboxylic acids is 1. The van der Waals surface area contributed by atoms with E-state index < -0.39 is 15.9 Å². The van der Waals surface area contributed by atoms with Gasteiger partial charge in [-0.3, -0.25) is 4.79 Å². The predicted octanol–water partition coefficient (Wildman–Crippen LogP) is 3.92. The molecule has 8 heteroatoms. The van der Waals surface area contributed by atoms with Gasteiger partial charge in [0.25, 0.3) is 5.91 Å². The van der Waals surface area contributed by atoms with Crippen molar-refractivity contribution in [2.24, 2.45) is 0 Å². The number of carbonyl (C=O) groups is 1. The van der Waals surface area contributed by atoms with Gasteiger partial charge in [0.1, 0.15) is 0 Å². The Morgan fingerprint density at radius 3 is 2.52 bits per heavy atom. The van der Waals surface area contributed by atoms with Crippen LogP contribution in [0.15, 0.2) is 40.6 Å². The summed E-state index contributed by atoms with van der Waals surface area (Å²) in [6, 6.07) is 7.86. The molecule has 1 aromatic carbocycles. The second-order valence-corrected chi connectivity index (χ2v) is 8.77. The summed E-state index contributed by atoms with van der Waals surface area (Å²) in [6.07, 6.45) is 0. The number of hydrogen-bond donors (Lipinski definition) is 1. The molecule has 2 aromatic rings. The first kappa shape index (κ1) is 19.9. The lowest BCUT2D eigenvalue weighted by molar-refractivity contribution is 0.0940. The zero-order chi connectivity index (χ0) is 18.6. The van der Waals surface area contributed by atoms with Crippen molar-refractivity contribution in [3.05, 3.63) is 51.2 Å². The third-order valence-electron chi connectivity index (χ3n) is 3.84. The highest BCUT2D eigenvalue weighted by Gasteiger charge is 2.24. The van der Waals surface area contributed by atoms with Gasteiger partial charge in [-0.1, -0.05) is 31.5 Å². The lowest BCUT2D eigenvalue weighted by Gasteiger charge is -2.19. The molecule has 0 unspecified atom stereocenters. The highest BCUT2D eigenvalue weighted by atomic mass is 35.5. The Hall–Kier alpha value is -1.41. The molecule has 0 aliphatic carbocycles. The third-order valence-corrected chi connectivity index (χ3v) is 7.27. The first-order valence-electron chi connectivity index (χ1n) is 7.95. The van der Waals surface area contributed by atoms with Crippen molar-refractivity contribution < 1.29 is 13.2 Å². The maximum absolute atomic E-state index is 12.6. The number of amides is 1. The third kappa shape index (κ3) is 4.41. The van der Waals surface area contributed by atoms with Crippen LogP contribution in [0.2, 0.25) is 5.02 Å². The molecule has 1 aromatic heterocycles. The van der Waals surface area contributed by atoms with E-state index in [0.29, 0.717) is 13.1 Å². The van der Waals surface area contributed by atoms with Gasteiger partial charge in [0.2, 0.25) is 10.0 Å². The van der Waals surface area contributed by atoms with Crippen molar-refractivity contribution in [1.82, 2.24) is 9.62 Å². The van der Waals surface area contributed by atoms with E-state index in [4.69, 9.17) is 11.6 Å². The first-order chi connectivity index (χ1) is 11.8. The molecule has 0 aliphatic heterocycles. The van der Waals surface area contributed by atoms with Crippen LogP contribution in [0.25, 0.3) is 0 Å². The fourth-order valence-corrected chi connectivity index (χ4v) is 4.86. The summed E-state index contributed by atoms with van der Waals surface area (Å²) in [4.78, 5) is 13.6. The number of nitrogens with one attached hydrogen (secondary N) is 1. The maximum Gasteiger partial charge on any atom is 0.253 e. The van der Waals surface area contributed by atoms with Gasteiger partial charge in [0, 0.05) is 18.0 Å². The molecule has 5 nitrogen and oxygen atoms in total. The van der Waals surface area contributed by atoms with E-state index in [1.807, 2.05) is 24.4 Å². The van der Waals surface area contributed by atoms with Crippen LogP contribution in [0, 0.1) is 0 Å². The number of nitrogens with zero attached hydrogens (tertiary/aromatic N) is 1. The molecule has 0 spiro atoms. The number of sulfonamides is 1. The zero-order valence-electron chi connectivity index (χ0n) is 14.3. The number of rotatable bonds is 7. The largest absolute Gasteiger partial charge is 0.345 e. The minimum absolute atomic E-state index is 0.0644. The lowest BCUT2D eigenvalue weighted by atomic mass is 10.2. The molecule has 0 saturated carbocycles. The number of benzene rings is 1. The lowest BCUT2D eigenvalue weighted by Crippen LogP contribution is -2.31. The van der Waals surface area contributed by atoms with Gasteiger partial charge in [0.05, 0.1) is 21.5 Å². The van der Waals surface area contributed by atoms with Crippen LogP contribution in [0.5, 0.6) is 0 Å². The summed E-state index contributed by atoms with van der Waals surface area (Å²) in [5.41, 5.74) is 0.151. The zero-order valence-corrected chi connectivity index (χ0v) is 16.7. The molecule has 0 radical (unpaired) electrons. The average molecular weight is 401 g/mol. The summed E-state index contributed by atoms with van der Waals surface area (Å²) in [5, 5.41) is 5.00. The fraction of sp³-hybridized carbons (Fsp3) is 0.353. The van der Waals surface area contributed by atoms with Crippen molar-refractivity contribution in [3.8, 4) is 0 Å². The average Bonchev–Trinajstić information content (AvgIpc) is 3.10. The SMILES string of the molecule is CCN(CC)S(=O)(=O)c1ccc(Cl)c(C(=O)N[C@H](C)c2cccs2)c1. The molecule has 1 amide bonds. The van der Waals surface area contributed by atoms with E-state index in [2.05, 4.69) is 5.32 Å². The number of halogens is 1. The standard InChI is InChI=1S/C17H21ClN2O3S2/c1-4-20(5-2)25(22,23)13-8-9-15(18)14(11-13)17(21)19-12(3)16-7-6-10-24-16/h6-12H,4-5H2,1-3H3,(H,19,21)/t12-/m1/s1. The Morgan fingerprint density at radius 1 is 1.28 bits per heavy atom. The highest BCUT2D eigenvalue weighted by molar-refractivity contribution is 7.89. The molecule has 136 valence electrons. The molecule has 2 rings (SSSR count). The molecule has 25 heavy (non-hydrogen) atoms. The van der Waals surface area contributed by atoms with Crippen molar-refractivity contribution in [1.29, 1.82) is 0 Å². The Morgan fingerprint density at radius 2 is 1.96 bits per heavy atom. The van der Waals surface area contributed by atoms with Crippen LogP contribution in [-0.2, 0) is 10.0 Å². The molecule has 0 fully saturated rings. The highest BCUT2D eigenvalue weighted by Crippen LogP contribution is 2.24. The van der Waals surface area contributed by atoms with E-state index in [1.54, 1.807) is 13.8 Å². The van der Waals surface area contributed by atoms with Gasteiger partial charge in [0.15, 0.2) is 0 Å². The van der Waals surface area contributed by atoms with Gasteiger partial charge in [-0.2, -0.15) is 4.31 Å². The predicted molar refractivity (Wildman–Crippen MR) is 102 cm³/mol. The van der Waals surface area contributed by atoms with Gasteiger partial charge in [-0.05, 0) is 36.6 Å². The van der Waals surface area contributed by atoms with E-state index in [0.717, 1.165) is 4.88 Å². The van der Waals surface area contributed by atoms with Crippen LogP contribution in [0.4, 0.5) is 0 Å². The van der Waals surface area contributed by atoms with Gasteiger partial charge in [-0.25, -0.2) is 8.42 Å². The van der Waals surface area contributed by atoms with Crippen molar-refractivity contribution in [2.45, 2.75) is 31.7 Å². The molecule has 1 N–H and O–H groups in total. The van der Waals surface area contributed by atoms with Gasteiger partial charge in [-0.15, -0.1) is 11.3 Å². The van der Waals surface area contributed by atoms with Crippen LogP contribution in [0.3, 0.4) is 0 Å². The molecule has 1 heterocycles. The Kier molecular flexibility index (Phi) is 6.62. The molecule has 0 bridgehead atoms. The van der Waals surface area contributed by atoms with Crippen molar-refractivity contribution in [2.75, 3.05) is 13.1 Å². The summed E-state index contributed by atoms with van der Waals surface area (Å²) < 4.78 is 26.6. The minimum atomic E-state index is -3.65. The van der Waals surface area contributed by atoms with E-state index >= 15 is 0 Å². The summed E-state index contributed by atoms with van der Waals surface area (Å²) in [5.74, 6) is -0.400. The monoisotopic (exact) mass is 400 g/mol. The number of hydrogen-bond acceptors (Lipinski definition) is 4. The molecular formula is C17H21ClN2O3S2. The van der Waals surface area contributed by atoms with E-state index in [1.165, 1.54) is 33.8 Å². The second-order valence-electron chi connectivity index (χ2n) is 5.44. The van der Waals surface area contributed by atoms with Gasteiger partial charge < -0.3 is 5.32 Å². The second kappa shape index (κ2) is 8.31. The Bertz CT molecular complexity index is 832. The summed E-state index contributed by atoms with van der Waals surface area (Å²) in [7, 11) is -3.65. The molecular weight excluding hydrogens is 380 g/mol. The number of thiophene rings is 1. The minimum Gasteiger partial charge on any atom is -0.345 e. The quantitative estimate of drug-likeness (QED) is 0.765.